The maximum Gasteiger partial charge on any atom is 0.185 e. The molecule has 0 amide bonds. The van der Waals surface area contributed by atoms with Gasteiger partial charge in [-0.15, -0.1) is 11.8 Å². The van der Waals surface area contributed by atoms with Crippen LogP contribution in [-0.2, 0) is 0 Å². The van der Waals surface area contributed by atoms with E-state index in [1.54, 1.807) is 36.0 Å². The fourth-order valence-corrected chi connectivity index (χ4v) is 2.53. The van der Waals surface area contributed by atoms with Gasteiger partial charge in [-0.1, -0.05) is 29.3 Å². The Bertz CT molecular complexity index is 648. The van der Waals surface area contributed by atoms with Gasteiger partial charge in [0.05, 0.1) is 0 Å². The highest BCUT2D eigenvalue weighted by Crippen LogP contribution is 2.22. The van der Waals surface area contributed by atoms with E-state index in [0.29, 0.717) is 15.6 Å². The molecule has 0 heterocycles. The maximum atomic E-state index is 12.0. The molecule has 0 spiro atoms. The van der Waals surface area contributed by atoms with Crippen LogP contribution in [0.15, 0.2) is 53.4 Å². The SMILES string of the molecule is CSc1ccc(C(=O)/C=C/c2ccc(Cl)cc2Cl)cc1. The Morgan fingerprint density at radius 3 is 2.40 bits per heavy atom. The Kier molecular flexibility index (Phi) is 5.30. The van der Waals surface area contributed by atoms with Crippen LogP contribution < -0.4 is 0 Å². The molecule has 0 aliphatic rings. The smallest absolute Gasteiger partial charge is 0.185 e. The fraction of sp³-hybridized carbons (Fsp3) is 0.0625. The molecule has 0 N–H and O–H groups in total. The first kappa shape index (κ1) is 15.2. The lowest BCUT2D eigenvalue weighted by Crippen LogP contribution is -1.93. The lowest BCUT2D eigenvalue weighted by Gasteiger charge is -2.00. The summed E-state index contributed by atoms with van der Waals surface area (Å²) < 4.78 is 0. The third-order valence-electron chi connectivity index (χ3n) is 2.75. The van der Waals surface area contributed by atoms with Gasteiger partial charge in [0.25, 0.3) is 0 Å². The molecule has 0 radical (unpaired) electrons. The van der Waals surface area contributed by atoms with Crippen molar-refractivity contribution in [3.8, 4) is 0 Å². The molecule has 4 heteroatoms. The normalized spacial score (nSPS) is 10.9. The van der Waals surface area contributed by atoms with Crippen molar-refractivity contribution in [1.82, 2.24) is 0 Å². The molecule has 0 saturated heterocycles. The molecule has 2 rings (SSSR count). The van der Waals surface area contributed by atoms with Crippen LogP contribution in [0, 0.1) is 0 Å². The zero-order valence-electron chi connectivity index (χ0n) is 10.8. The molecule has 0 unspecified atom stereocenters. The van der Waals surface area contributed by atoms with Crippen molar-refractivity contribution in [2.45, 2.75) is 4.90 Å². The first-order valence-corrected chi connectivity index (χ1v) is 7.90. The van der Waals surface area contributed by atoms with Gasteiger partial charge in [0, 0.05) is 20.5 Å². The summed E-state index contributed by atoms with van der Waals surface area (Å²) in [6.45, 7) is 0. The van der Waals surface area contributed by atoms with Crippen molar-refractivity contribution < 1.29 is 4.79 Å². The second kappa shape index (κ2) is 6.98. The van der Waals surface area contributed by atoms with Crippen molar-refractivity contribution in [2.75, 3.05) is 6.26 Å². The monoisotopic (exact) mass is 322 g/mol. The zero-order chi connectivity index (χ0) is 14.5. The van der Waals surface area contributed by atoms with E-state index in [1.165, 1.54) is 6.08 Å². The second-order valence-electron chi connectivity index (χ2n) is 4.09. The van der Waals surface area contributed by atoms with Crippen LogP contribution in [0.25, 0.3) is 6.08 Å². The number of thioether (sulfide) groups is 1. The third kappa shape index (κ3) is 3.89. The van der Waals surface area contributed by atoms with Crippen LogP contribution in [0.5, 0.6) is 0 Å². The summed E-state index contributed by atoms with van der Waals surface area (Å²) >= 11 is 13.5. The number of hydrogen-bond donors (Lipinski definition) is 0. The summed E-state index contributed by atoms with van der Waals surface area (Å²) in [4.78, 5) is 13.2. The van der Waals surface area contributed by atoms with Crippen LogP contribution in [0.4, 0.5) is 0 Å². The Labute approximate surface area is 132 Å². The van der Waals surface area contributed by atoms with Gasteiger partial charge < -0.3 is 0 Å². The summed E-state index contributed by atoms with van der Waals surface area (Å²) in [6, 6.07) is 12.7. The number of halogens is 2. The molecule has 0 aliphatic carbocycles. The number of hydrogen-bond acceptors (Lipinski definition) is 2. The van der Waals surface area contributed by atoms with E-state index < -0.39 is 0 Å². The summed E-state index contributed by atoms with van der Waals surface area (Å²) in [7, 11) is 0. The van der Waals surface area contributed by atoms with Crippen molar-refractivity contribution >= 4 is 46.8 Å². The molecule has 1 nitrogen and oxygen atoms in total. The molecule has 0 atom stereocenters. The number of ketones is 1. The topological polar surface area (TPSA) is 17.1 Å². The molecule has 20 heavy (non-hydrogen) atoms. The van der Waals surface area contributed by atoms with Gasteiger partial charge in [0.1, 0.15) is 0 Å². The predicted molar refractivity (Wildman–Crippen MR) is 88.0 cm³/mol. The summed E-state index contributed by atoms with van der Waals surface area (Å²) in [5.41, 5.74) is 1.43. The van der Waals surface area contributed by atoms with Gasteiger partial charge in [0.2, 0.25) is 0 Å². The molecule has 0 aromatic heterocycles. The van der Waals surface area contributed by atoms with E-state index in [2.05, 4.69) is 0 Å². The van der Waals surface area contributed by atoms with Gasteiger partial charge in [-0.05, 0) is 60.4 Å². The van der Waals surface area contributed by atoms with Crippen molar-refractivity contribution in [1.29, 1.82) is 0 Å². The van der Waals surface area contributed by atoms with Crippen molar-refractivity contribution in [3.05, 3.63) is 69.7 Å². The van der Waals surface area contributed by atoms with Gasteiger partial charge >= 0.3 is 0 Å². The minimum atomic E-state index is -0.0522. The first-order valence-electron chi connectivity index (χ1n) is 5.91. The first-order chi connectivity index (χ1) is 9.60. The molecule has 0 bridgehead atoms. The molecular formula is C16H12Cl2OS. The third-order valence-corrected chi connectivity index (χ3v) is 4.06. The van der Waals surface area contributed by atoms with E-state index in [0.717, 1.165) is 10.5 Å². The Morgan fingerprint density at radius 2 is 1.80 bits per heavy atom. The van der Waals surface area contributed by atoms with Gasteiger partial charge in [0.15, 0.2) is 5.78 Å². The number of carbonyl (C=O) groups is 1. The molecule has 0 fully saturated rings. The van der Waals surface area contributed by atoms with Crippen molar-refractivity contribution in [2.24, 2.45) is 0 Å². The van der Waals surface area contributed by atoms with E-state index in [4.69, 9.17) is 23.2 Å². The van der Waals surface area contributed by atoms with Crippen LogP contribution >= 0.6 is 35.0 Å². The Morgan fingerprint density at radius 1 is 1.10 bits per heavy atom. The maximum absolute atomic E-state index is 12.0. The second-order valence-corrected chi connectivity index (χ2v) is 5.82. The molecule has 0 aliphatic heterocycles. The molecular weight excluding hydrogens is 311 g/mol. The Hall–Kier alpha value is -1.22. The highest BCUT2D eigenvalue weighted by molar-refractivity contribution is 7.98. The average molecular weight is 323 g/mol. The standard InChI is InChI=1S/C16H12Cl2OS/c1-20-14-7-3-12(4-8-14)16(19)9-5-11-2-6-13(17)10-15(11)18/h2-10H,1H3/b9-5+. The van der Waals surface area contributed by atoms with E-state index in [9.17, 15) is 4.79 Å². The summed E-state index contributed by atoms with van der Waals surface area (Å²) in [6.07, 6.45) is 5.21. The van der Waals surface area contributed by atoms with E-state index >= 15 is 0 Å². The van der Waals surface area contributed by atoms with Gasteiger partial charge in [-0.2, -0.15) is 0 Å². The fourth-order valence-electron chi connectivity index (χ4n) is 1.65. The van der Waals surface area contributed by atoms with Gasteiger partial charge in [-0.25, -0.2) is 0 Å². The highest BCUT2D eigenvalue weighted by atomic mass is 35.5. The lowest BCUT2D eigenvalue weighted by atomic mass is 10.1. The van der Waals surface area contributed by atoms with Crippen LogP contribution in [0.2, 0.25) is 10.0 Å². The highest BCUT2D eigenvalue weighted by Gasteiger charge is 2.03. The van der Waals surface area contributed by atoms with Crippen molar-refractivity contribution in [3.63, 3.8) is 0 Å². The minimum Gasteiger partial charge on any atom is -0.289 e. The number of rotatable bonds is 4. The predicted octanol–water partition coefficient (Wildman–Crippen LogP) is 5.61. The number of carbonyl (C=O) groups excluding carboxylic acids is 1. The number of benzene rings is 2. The van der Waals surface area contributed by atoms with Crippen LogP contribution in [0.3, 0.4) is 0 Å². The zero-order valence-corrected chi connectivity index (χ0v) is 13.1. The number of allylic oxidation sites excluding steroid dienone is 1. The Balaban J connectivity index is 2.15. The summed E-state index contributed by atoms with van der Waals surface area (Å²) in [5.74, 6) is -0.0522. The lowest BCUT2D eigenvalue weighted by molar-refractivity contribution is 0.104. The van der Waals surface area contributed by atoms with E-state index in [1.807, 2.05) is 30.5 Å². The average Bonchev–Trinajstić information content (AvgIpc) is 2.46. The molecule has 2 aromatic rings. The minimum absolute atomic E-state index is 0.0522. The summed E-state index contributed by atoms with van der Waals surface area (Å²) in [5, 5.41) is 1.10. The molecule has 0 saturated carbocycles. The van der Waals surface area contributed by atoms with Crippen LogP contribution in [-0.4, -0.2) is 12.0 Å². The van der Waals surface area contributed by atoms with Gasteiger partial charge in [-0.3, -0.25) is 4.79 Å². The van der Waals surface area contributed by atoms with Crippen LogP contribution in [0.1, 0.15) is 15.9 Å². The quantitative estimate of drug-likeness (QED) is 0.413. The largest absolute Gasteiger partial charge is 0.289 e. The molecule has 102 valence electrons. The van der Waals surface area contributed by atoms with E-state index in [-0.39, 0.29) is 5.78 Å². The molecule has 2 aromatic carbocycles.